The van der Waals surface area contributed by atoms with E-state index >= 15 is 0 Å². The highest BCUT2D eigenvalue weighted by atomic mass is 16.5. The molecule has 29 heavy (non-hydrogen) atoms. The summed E-state index contributed by atoms with van der Waals surface area (Å²) in [5, 5.41) is 2.93. The molecule has 0 radical (unpaired) electrons. The lowest BCUT2D eigenvalue weighted by Gasteiger charge is -2.15. The zero-order valence-electron chi connectivity index (χ0n) is 16.9. The van der Waals surface area contributed by atoms with Crippen LogP contribution in [-0.4, -0.2) is 19.6 Å². The number of carbonyl (C=O) groups is 1. The molecule has 0 aromatic heterocycles. The molecule has 0 saturated heterocycles. The summed E-state index contributed by atoms with van der Waals surface area (Å²) in [6, 6.07) is 20.5. The molecule has 0 heterocycles. The number of carbonyl (C=O) groups excluding carboxylic acids is 1. The van der Waals surface area contributed by atoms with Gasteiger partial charge in [-0.25, -0.2) is 0 Å². The molecule has 150 valence electrons. The van der Waals surface area contributed by atoms with E-state index in [2.05, 4.69) is 5.32 Å². The number of anilines is 1. The fraction of sp³-hybridized carbons (Fsp3) is 0.208. The Morgan fingerprint density at radius 2 is 1.69 bits per heavy atom. The summed E-state index contributed by atoms with van der Waals surface area (Å²) in [4.78, 5) is 12.7. The summed E-state index contributed by atoms with van der Waals surface area (Å²) in [5.74, 6) is 1.79. The highest BCUT2D eigenvalue weighted by molar-refractivity contribution is 6.04. The van der Waals surface area contributed by atoms with E-state index in [1.54, 1.807) is 25.3 Å². The van der Waals surface area contributed by atoms with Crippen LogP contribution in [0.1, 0.15) is 28.4 Å². The number of ether oxygens (including phenoxy) is 3. The summed E-state index contributed by atoms with van der Waals surface area (Å²) in [7, 11) is 1.60. The van der Waals surface area contributed by atoms with E-state index in [9.17, 15) is 4.79 Å². The molecule has 3 rings (SSSR count). The Balaban J connectivity index is 1.80. The van der Waals surface area contributed by atoms with Gasteiger partial charge < -0.3 is 19.5 Å². The monoisotopic (exact) mass is 391 g/mol. The zero-order chi connectivity index (χ0) is 20.6. The fourth-order valence-electron chi connectivity index (χ4n) is 2.95. The summed E-state index contributed by atoms with van der Waals surface area (Å²) in [5.41, 5.74) is 3.17. The highest BCUT2D eigenvalue weighted by Gasteiger charge is 2.13. The van der Waals surface area contributed by atoms with E-state index in [1.807, 2.05) is 62.4 Å². The third kappa shape index (κ3) is 5.29. The van der Waals surface area contributed by atoms with Crippen molar-refractivity contribution in [3.63, 3.8) is 0 Å². The van der Waals surface area contributed by atoms with E-state index in [0.717, 1.165) is 16.8 Å². The molecule has 0 atom stereocenters. The van der Waals surface area contributed by atoms with E-state index in [4.69, 9.17) is 14.2 Å². The normalized spacial score (nSPS) is 10.3. The van der Waals surface area contributed by atoms with Crippen molar-refractivity contribution in [2.75, 3.05) is 19.0 Å². The minimum absolute atomic E-state index is 0.183. The number of benzene rings is 3. The van der Waals surface area contributed by atoms with Crippen molar-refractivity contribution in [2.24, 2.45) is 0 Å². The van der Waals surface area contributed by atoms with E-state index in [1.165, 1.54) is 0 Å². The van der Waals surface area contributed by atoms with Crippen LogP contribution in [0, 0.1) is 6.92 Å². The number of hydrogen-bond donors (Lipinski definition) is 1. The van der Waals surface area contributed by atoms with Crippen LogP contribution < -0.4 is 19.5 Å². The van der Waals surface area contributed by atoms with E-state index in [0.29, 0.717) is 29.4 Å². The Bertz CT molecular complexity index is 984. The van der Waals surface area contributed by atoms with Gasteiger partial charge in [0, 0.05) is 16.8 Å². The molecule has 0 aliphatic carbocycles. The van der Waals surface area contributed by atoms with Gasteiger partial charge in [-0.15, -0.1) is 0 Å². The molecule has 5 heteroatoms. The molecule has 1 N–H and O–H groups in total. The largest absolute Gasteiger partial charge is 0.493 e. The summed E-state index contributed by atoms with van der Waals surface area (Å²) >= 11 is 0. The smallest absolute Gasteiger partial charge is 0.255 e. The predicted octanol–water partition coefficient (Wildman–Crippen LogP) is 5.23. The lowest BCUT2D eigenvalue weighted by atomic mass is 10.1. The lowest BCUT2D eigenvalue weighted by molar-refractivity contribution is 0.102. The molecule has 0 aliphatic heterocycles. The Morgan fingerprint density at radius 3 is 2.41 bits per heavy atom. The molecule has 0 fully saturated rings. The number of para-hydroxylation sites is 2. The zero-order valence-corrected chi connectivity index (χ0v) is 16.9. The standard InChI is InChI=1S/C24H25NO4/c1-4-28-21-13-12-18(24(26)25-20-9-7-8-17(2)14-20)15-19(21)16-29-23-11-6-5-10-22(23)27-3/h5-15H,4,16H2,1-3H3,(H,25,26). The first-order valence-electron chi connectivity index (χ1n) is 9.50. The van der Waals surface area contributed by atoms with Gasteiger partial charge in [-0.2, -0.15) is 0 Å². The van der Waals surface area contributed by atoms with Crippen LogP contribution in [-0.2, 0) is 6.61 Å². The third-order valence-electron chi connectivity index (χ3n) is 4.35. The van der Waals surface area contributed by atoms with Crippen molar-refractivity contribution >= 4 is 11.6 Å². The molecule has 1 amide bonds. The van der Waals surface area contributed by atoms with Crippen LogP contribution >= 0.6 is 0 Å². The van der Waals surface area contributed by atoms with E-state index in [-0.39, 0.29) is 12.5 Å². The van der Waals surface area contributed by atoms with Crippen molar-refractivity contribution in [3.8, 4) is 17.2 Å². The molecule has 0 bridgehead atoms. The predicted molar refractivity (Wildman–Crippen MR) is 114 cm³/mol. The Morgan fingerprint density at radius 1 is 0.897 bits per heavy atom. The summed E-state index contributed by atoms with van der Waals surface area (Å²) < 4.78 is 17.0. The maximum Gasteiger partial charge on any atom is 0.255 e. The Labute approximate surface area is 171 Å². The van der Waals surface area contributed by atoms with Crippen LogP contribution in [0.2, 0.25) is 0 Å². The highest BCUT2D eigenvalue weighted by Crippen LogP contribution is 2.29. The maximum atomic E-state index is 12.7. The Kier molecular flexibility index (Phi) is 6.74. The van der Waals surface area contributed by atoms with Gasteiger partial charge in [-0.1, -0.05) is 24.3 Å². The van der Waals surface area contributed by atoms with Crippen LogP contribution in [0.25, 0.3) is 0 Å². The lowest BCUT2D eigenvalue weighted by Crippen LogP contribution is -2.13. The van der Waals surface area contributed by atoms with Crippen molar-refractivity contribution in [3.05, 3.63) is 83.4 Å². The number of aryl methyl sites for hydroxylation is 1. The molecule has 0 aliphatic rings. The molecule has 0 unspecified atom stereocenters. The van der Waals surface area contributed by atoms with Crippen molar-refractivity contribution < 1.29 is 19.0 Å². The van der Waals surface area contributed by atoms with Gasteiger partial charge in [-0.05, 0) is 61.9 Å². The third-order valence-corrected chi connectivity index (χ3v) is 4.35. The summed E-state index contributed by atoms with van der Waals surface area (Å²) in [6.45, 7) is 4.68. The molecular formula is C24H25NO4. The molecule has 5 nitrogen and oxygen atoms in total. The minimum Gasteiger partial charge on any atom is -0.493 e. The Hall–Kier alpha value is -3.47. The summed E-state index contributed by atoms with van der Waals surface area (Å²) in [6.07, 6.45) is 0. The molecule has 3 aromatic rings. The number of methoxy groups -OCH3 is 1. The number of hydrogen-bond acceptors (Lipinski definition) is 4. The van der Waals surface area contributed by atoms with Gasteiger partial charge in [0.2, 0.25) is 0 Å². The average molecular weight is 391 g/mol. The first kappa shape index (κ1) is 20.3. The molecule has 0 spiro atoms. The van der Waals surface area contributed by atoms with Crippen LogP contribution in [0.5, 0.6) is 17.2 Å². The minimum atomic E-state index is -0.183. The van der Waals surface area contributed by atoms with E-state index < -0.39 is 0 Å². The van der Waals surface area contributed by atoms with Gasteiger partial charge in [0.25, 0.3) is 5.91 Å². The van der Waals surface area contributed by atoms with Crippen LogP contribution in [0.4, 0.5) is 5.69 Å². The van der Waals surface area contributed by atoms with Crippen LogP contribution in [0.3, 0.4) is 0 Å². The van der Waals surface area contributed by atoms with Gasteiger partial charge in [0.1, 0.15) is 12.4 Å². The number of nitrogens with one attached hydrogen (secondary N) is 1. The van der Waals surface area contributed by atoms with Gasteiger partial charge in [-0.3, -0.25) is 4.79 Å². The maximum absolute atomic E-state index is 12.7. The molecule has 0 saturated carbocycles. The van der Waals surface area contributed by atoms with Crippen LogP contribution in [0.15, 0.2) is 66.7 Å². The van der Waals surface area contributed by atoms with Crippen molar-refractivity contribution in [2.45, 2.75) is 20.5 Å². The van der Waals surface area contributed by atoms with Crippen molar-refractivity contribution in [1.82, 2.24) is 0 Å². The van der Waals surface area contributed by atoms with Gasteiger partial charge in [0.05, 0.1) is 13.7 Å². The SMILES string of the molecule is CCOc1ccc(C(=O)Nc2cccc(C)c2)cc1COc1ccccc1OC. The fourth-order valence-corrected chi connectivity index (χ4v) is 2.95. The van der Waals surface area contributed by atoms with Gasteiger partial charge in [0.15, 0.2) is 11.5 Å². The number of rotatable bonds is 8. The average Bonchev–Trinajstić information content (AvgIpc) is 2.73. The number of amides is 1. The van der Waals surface area contributed by atoms with Crippen molar-refractivity contribution in [1.29, 1.82) is 0 Å². The topological polar surface area (TPSA) is 56.8 Å². The molecule has 3 aromatic carbocycles. The molecular weight excluding hydrogens is 366 g/mol. The first-order chi connectivity index (χ1) is 14.1. The van der Waals surface area contributed by atoms with Gasteiger partial charge >= 0.3 is 0 Å². The quantitative estimate of drug-likeness (QED) is 0.571. The second kappa shape index (κ2) is 9.64. The second-order valence-electron chi connectivity index (χ2n) is 6.52. The first-order valence-corrected chi connectivity index (χ1v) is 9.50. The second-order valence-corrected chi connectivity index (χ2v) is 6.52.